The van der Waals surface area contributed by atoms with Crippen molar-refractivity contribution in [3.63, 3.8) is 0 Å². The van der Waals surface area contributed by atoms with E-state index in [2.05, 4.69) is 10.4 Å². The van der Waals surface area contributed by atoms with E-state index in [1.165, 1.54) is 16.8 Å². The lowest BCUT2D eigenvalue weighted by molar-refractivity contribution is 0.0937. The molecule has 0 saturated heterocycles. The summed E-state index contributed by atoms with van der Waals surface area (Å²) in [6, 6.07) is 22.0. The van der Waals surface area contributed by atoms with Crippen LogP contribution < -0.4 is 10.9 Å². The van der Waals surface area contributed by atoms with Gasteiger partial charge in [-0.3, -0.25) is 9.59 Å². The van der Waals surface area contributed by atoms with Gasteiger partial charge in [0.1, 0.15) is 5.82 Å². The fourth-order valence-corrected chi connectivity index (χ4v) is 3.69. The first-order valence-electron chi connectivity index (χ1n) is 10.2. The fourth-order valence-electron chi connectivity index (χ4n) is 3.69. The average Bonchev–Trinajstić information content (AvgIpc) is 2.80. The van der Waals surface area contributed by atoms with Crippen molar-refractivity contribution in [2.24, 2.45) is 0 Å². The molecule has 1 amide bonds. The molecule has 1 heterocycles. The number of hydrogen-bond acceptors (Lipinski definition) is 4. The van der Waals surface area contributed by atoms with Gasteiger partial charge in [-0.25, -0.2) is 4.39 Å². The second-order valence-corrected chi connectivity index (χ2v) is 7.69. The minimum absolute atomic E-state index is 0.154. The number of benzene rings is 3. The summed E-state index contributed by atoms with van der Waals surface area (Å²) < 4.78 is 15.0. The Bertz CT molecular complexity index is 1320. The molecule has 0 spiro atoms. The summed E-state index contributed by atoms with van der Waals surface area (Å²) in [4.78, 5) is 28.1. The van der Waals surface area contributed by atoms with Gasteiger partial charge >= 0.3 is 0 Å². The molecule has 4 aromatic rings. The van der Waals surface area contributed by atoms with E-state index >= 15 is 0 Å². The molecular weight excluding hydrogens is 407 g/mol. The lowest BCUT2D eigenvalue weighted by Crippen LogP contribution is -2.36. The van der Waals surface area contributed by atoms with E-state index in [-0.39, 0.29) is 29.7 Å². The molecule has 0 aliphatic heterocycles. The molecule has 0 aliphatic carbocycles. The van der Waals surface area contributed by atoms with Crippen LogP contribution in [0.1, 0.15) is 22.1 Å². The van der Waals surface area contributed by atoms with Gasteiger partial charge in [0.25, 0.3) is 11.5 Å². The Morgan fingerprint density at radius 3 is 2.38 bits per heavy atom. The molecular formula is C25H23FN4O2. The summed E-state index contributed by atoms with van der Waals surface area (Å²) in [5.74, 6) is -0.739. The minimum atomic E-state index is -0.408. The second-order valence-electron chi connectivity index (χ2n) is 7.69. The van der Waals surface area contributed by atoms with Gasteiger partial charge in [-0.05, 0) is 50.0 Å². The van der Waals surface area contributed by atoms with Crippen molar-refractivity contribution in [1.29, 1.82) is 0 Å². The van der Waals surface area contributed by atoms with Crippen LogP contribution in [0.3, 0.4) is 0 Å². The van der Waals surface area contributed by atoms with Crippen LogP contribution in [0, 0.1) is 5.82 Å². The van der Waals surface area contributed by atoms with E-state index < -0.39 is 5.91 Å². The third kappa shape index (κ3) is 4.29. The maximum absolute atomic E-state index is 13.7. The van der Waals surface area contributed by atoms with Crippen LogP contribution in [0.15, 0.2) is 83.7 Å². The van der Waals surface area contributed by atoms with Crippen molar-refractivity contribution in [3.8, 4) is 5.69 Å². The average molecular weight is 430 g/mol. The quantitative estimate of drug-likeness (QED) is 0.508. The molecule has 32 heavy (non-hydrogen) atoms. The smallest absolute Gasteiger partial charge is 0.279 e. The highest BCUT2D eigenvalue weighted by molar-refractivity contribution is 6.04. The van der Waals surface area contributed by atoms with Crippen LogP contribution in [-0.2, 0) is 0 Å². The Balaban J connectivity index is 1.70. The van der Waals surface area contributed by atoms with Gasteiger partial charge < -0.3 is 10.2 Å². The molecule has 1 unspecified atom stereocenters. The topological polar surface area (TPSA) is 67.2 Å². The Kier molecular flexibility index (Phi) is 6.09. The largest absolute Gasteiger partial charge is 0.349 e. The molecule has 0 fully saturated rings. The third-order valence-electron chi connectivity index (χ3n) is 5.33. The SMILES string of the molecule is CN(C)C(CNC(=O)c1nn(-c2ccccc2)c(=O)c2ccccc12)c1cccc(F)c1. The number of aromatic nitrogens is 2. The van der Waals surface area contributed by atoms with Crippen LogP contribution in [0.25, 0.3) is 16.5 Å². The molecule has 0 saturated carbocycles. The number of para-hydroxylation sites is 1. The molecule has 1 aromatic heterocycles. The number of carbonyl (C=O) groups is 1. The lowest BCUT2D eigenvalue weighted by Gasteiger charge is -2.25. The number of halogens is 1. The van der Waals surface area contributed by atoms with Gasteiger partial charge in [0.05, 0.1) is 17.1 Å². The first-order valence-corrected chi connectivity index (χ1v) is 10.2. The molecule has 6 nitrogen and oxygen atoms in total. The van der Waals surface area contributed by atoms with Gasteiger partial charge in [-0.15, -0.1) is 0 Å². The first kappa shape index (κ1) is 21.4. The number of rotatable bonds is 6. The highest BCUT2D eigenvalue weighted by atomic mass is 19.1. The molecule has 3 aromatic carbocycles. The monoisotopic (exact) mass is 430 g/mol. The highest BCUT2D eigenvalue weighted by Crippen LogP contribution is 2.19. The van der Waals surface area contributed by atoms with E-state index in [0.29, 0.717) is 16.5 Å². The molecule has 0 aliphatic rings. The van der Waals surface area contributed by atoms with Crippen LogP contribution in [-0.4, -0.2) is 41.2 Å². The van der Waals surface area contributed by atoms with Crippen molar-refractivity contribution in [3.05, 3.63) is 106 Å². The van der Waals surface area contributed by atoms with E-state index in [4.69, 9.17) is 0 Å². The van der Waals surface area contributed by atoms with Crippen LogP contribution >= 0.6 is 0 Å². The highest BCUT2D eigenvalue weighted by Gasteiger charge is 2.20. The van der Waals surface area contributed by atoms with E-state index in [9.17, 15) is 14.0 Å². The van der Waals surface area contributed by atoms with Crippen LogP contribution in [0.2, 0.25) is 0 Å². The predicted octanol–water partition coefficient (Wildman–Crippen LogP) is 3.56. The van der Waals surface area contributed by atoms with Crippen molar-refractivity contribution >= 4 is 16.7 Å². The Morgan fingerprint density at radius 2 is 1.69 bits per heavy atom. The summed E-state index contributed by atoms with van der Waals surface area (Å²) in [5.41, 5.74) is 1.18. The van der Waals surface area contributed by atoms with Crippen LogP contribution in [0.4, 0.5) is 4.39 Å². The summed E-state index contributed by atoms with van der Waals surface area (Å²) in [6.07, 6.45) is 0. The number of nitrogens with zero attached hydrogens (tertiary/aromatic N) is 3. The third-order valence-corrected chi connectivity index (χ3v) is 5.33. The maximum atomic E-state index is 13.7. The number of carbonyl (C=O) groups excluding carboxylic acids is 1. The zero-order valence-corrected chi connectivity index (χ0v) is 17.8. The van der Waals surface area contributed by atoms with Gasteiger partial charge in [-0.2, -0.15) is 9.78 Å². The van der Waals surface area contributed by atoms with Crippen molar-refractivity contribution < 1.29 is 9.18 Å². The number of nitrogens with one attached hydrogen (secondary N) is 1. The molecule has 4 rings (SSSR count). The number of amides is 1. The van der Waals surface area contributed by atoms with Gasteiger partial charge in [-0.1, -0.05) is 48.5 Å². The summed E-state index contributed by atoms with van der Waals surface area (Å²) >= 11 is 0. The minimum Gasteiger partial charge on any atom is -0.349 e. The number of hydrogen-bond donors (Lipinski definition) is 1. The van der Waals surface area contributed by atoms with E-state index in [1.54, 1.807) is 54.6 Å². The normalized spacial score (nSPS) is 12.1. The summed E-state index contributed by atoms with van der Waals surface area (Å²) in [6.45, 7) is 0.246. The van der Waals surface area contributed by atoms with Gasteiger partial charge in [0, 0.05) is 11.9 Å². The zero-order chi connectivity index (χ0) is 22.7. The Morgan fingerprint density at radius 1 is 1.00 bits per heavy atom. The molecule has 0 radical (unpaired) electrons. The fraction of sp³-hybridized carbons (Fsp3) is 0.160. The summed E-state index contributed by atoms with van der Waals surface area (Å²) in [7, 11) is 3.73. The van der Waals surface area contributed by atoms with Crippen molar-refractivity contribution in [2.45, 2.75) is 6.04 Å². The molecule has 7 heteroatoms. The Labute approximate surface area is 184 Å². The van der Waals surface area contributed by atoms with Gasteiger partial charge in [0.2, 0.25) is 0 Å². The molecule has 162 valence electrons. The Hall–Kier alpha value is -3.84. The zero-order valence-electron chi connectivity index (χ0n) is 17.8. The van der Waals surface area contributed by atoms with Gasteiger partial charge in [0.15, 0.2) is 5.69 Å². The molecule has 1 atom stereocenters. The van der Waals surface area contributed by atoms with E-state index in [1.807, 2.05) is 31.1 Å². The number of fused-ring (bicyclic) bond motifs is 1. The first-order chi connectivity index (χ1) is 15.5. The lowest BCUT2D eigenvalue weighted by atomic mass is 10.1. The standard InChI is InChI=1S/C25H23FN4O2/c1-29(2)22(17-9-8-10-18(26)15-17)16-27-24(31)23-20-13-6-7-14-21(20)25(32)30(28-23)19-11-4-3-5-12-19/h3-15,22H,16H2,1-2H3,(H,27,31). The molecule has 1 N–H and O–H groups in total. The predicted molar refractivity (Wildman–Crippen MR) is 123 cm³/mol. The maximum Gasteiger partial charge on any atom is 0.279 e. The second kappa shape index (κ2) is 9.11. The van der Waals surface area contributed by atoms with Crippen LogP contribution in [0.5, 0.6) is 0 Å². The molecule has 0 bridgehead atoms. The summed E-state index contributed by atoms with van der Waals surface area (Å²) in [5, 5.41) is 8.20. The number of likely N-dealkylation sites (N-methyl/N-ethyl adjacent to an activating group) is 1. The van der Waals surface area contributed by atoms with E-state index in [0.717, 1.165) is 5.56 Å². The van der Waals surface area contributed by atoms with Crippen molar-refractivity contribution in [2.75, 3.05) is 20.6 Å². The van der Waals surface area contributed by atoms with Crippen molar-refractivity contribution in [1.82, 2.24) is 20.0 Å².